The number of aromatic nitrogens is 4. The van der Waals surface area contributed by atoms with Gasteiger partial charge in [-0.05, 0) is 12.8 Å². The van der Waals surface area contributed by atoms with E-state index in [0.717, 1.165) is 31.2 Å². The minimum atomic E-state index is -4.74. The van der Waals surface area contributed by atoms with Gasteiger partial charge in [0.25, 0.3) is 0 Å². The lowest BCUT2D eigenvalue weighted by atomic mass is 10.1. The van der Waals surface area contributed by atoms with E-state index in [-0.39, 0.29) is 17.9 Å². The first kappa shape index (κ1) is 25.3. The van der Waals surface area contributed by atoms with Gasteiger partial charge in [0.05, 0.1) is 12.9 Å². The molecule has 2 saturated heterocycles. The Hall–Kier alpha value is -2.97. The molecule has 2 amide bonds. The van der Waals surface area contributed by atoms with E-state index < -0.39 is 45.3 Å². The van der Waals surface area contributed by atoms with Gasteiger partial charge in [-0.1, -0.05) is 43.2 Å². The fourth-order valence-electron chi connectivity index (χ4n) is 5.16. The van der Waals surface area contributed by atoms with Crippen LogP contribution < -0.4 is 10.6 Å². The number of hydrogen-bond acceptors (Lipinski definition) is 9. The number of imidazole rings is 1. The molecule has 2 unspecified atom stereocenters. The Labute approximate surface area is 216 Å². The van der Waals surface area contributed by atoms with Gasteiger partial charge in [-0.2, -0.15) is 0 Å². The number of anilines is 1. The van der Waals surface area contributed by atoms with Crippen LogP contribution in [0.25, 0.3) is 11.2 Å². The number of ether oxygens (including phenoxy) is 3. The second-order valence-electron chi connectivity index (χ2n) is 9.42. The third kappa shape index (κ3) is 5.16. The van der Waals surface area contributed by atoms with E-state index in [9.17, 15) is 19.1 Å². The van der Waals surface area contributed by atoms with Crippen molar-refractivity contribution in [2.75, 3.05) is 11.9 Å². The molecule has 2 aliphatic heterocycles. The monoisotopic (exact) mass is 546 g/mol. The minimum absolute atomic E-state index is 0.137. The molecule has 14 nitrogen and oxygen atoms in total. The molecule has 5 atom stereocenters. The number of carbonyl (C=O) groups is 1. The summed E-state index contributed by atoms with van der Waals surface area (Å²) in [6.07, 6.45) is 3.16. The Morgan fingerprint density at radius 2 is 1.84 bits per heavy atom. The fraction of sp³-hybridized carbons (Fsp3) is 0.478. The van der Waals surface area contributed by atoms with Crippen molar-refractivity contribution in [3.63, 3.8) is 0 Å². The van der Waals surface area contributed by atoms with E-state index in [1.807, 2.05) is 30.3 Å². The van der Waals surface area contributed by atoms with Crippen molar-refractivity contribution in [2.45, 2.75) is 62.6 Å². The maximum absolute atomic E-state index is 12.5. The standard InChI is InChI=1S/C23H27N6O8P/c30-23(27-14-8-4-5-9-14)28-19-16-20(25-11-24-19)29(12-26-16)21-18-17(15(35-21)10-34-38(31,32)33)36-22(37-18)13-6-2-1-3-7-13/h1-3,6-7,11-12,14-15,17-18,21-22H,4-5,8-10H2,(H2,31,32,33)(H2,24,25,27,28,30)/t15-,17+,18?,21-,22?/m1/s1. The normalized spacial score (nSPS) is 27.6. The summed E-state index contributed by atoms with van der Waals surface area (Å²) in [5.41, 5.74) is 1.51. The summed E-state index contributed by atoms with van der Waals surface area (Å²) >= 11 is 0. The van der Waals surface area contributed by atoms with Crippen molar-refractivity contribution in [1.29, 1.82) is 0 Å². The first-order valence-corrected chi connectivity index (χ1v) is 13.9. The van der Waals surface area contributed by atoms with Crippen molar-refractivity contribution >= 4 is 30.8 Å². The summed E-state index contributed by atoms with van der Waals surface area (Å²) in [4.78, 5) is 43.9. The molecule has 202 valence electrons. The molecule has 4 heterocycles. The summed E-state index contributed by atoms with van der Waals surface area (Å²) in [6.45, 7) is -0.414. The van der Waals surface area contributed by atoms with Gasteiger partial charge in [-0.3, -0.25) is 14.4 Å². The summed E-state index contributed by atoms with van der Waals surface area (Å²) in [5, 5.41) is 5.71. The Kier molecular flexibility index (Phi) is 6.86. The average Bonchev–Trinajstić information content (AvgIpc) is 3.68. The zero-order chi connectivity index (χ0) is 26.3. The van der Waals surface area contributed by atoms with Crippen LogP contribution in [0.5, 0.6) is 0 Å². The first-order valence-electron chi connectivity index (χ1n) is 12.3. The predicted octanol–water partition coefficient (Wildman–Crippen LogP) is 2.38. The van der Waals surface area contributed by atoms with E-state index >= 15 is 0 Å². The highest BCUT2D eigenvalue weighted by atomic mass is 31.2. The number of phosphoric acid groups is 1. The van der Waals surface area contributed by atoms with Gasteiger partial charge in [0, 0.05) is 11.6 Å². The van der Waals surface area contributed by atoms with E-state index in [2.05, 4.69) is 25.6 Å². The minimum Gasteiger partial charge on any atom is -0.347 e. The summed E-state index contributed by atoms with van der Waals surface area (Å²) in [5.74, 6) is 0.242. The zero-order valence-corrected chi connectivity index (χ0v) is 21.0. The number of fused-ring (bicyclic) bond motifs is 2. The lowest BCUT2D eigenvalue weighted by Crippen LogP contribution is -2.36. The molecule has 1 aliphatic carbocycles. The second kappa shape index (κ2) is 10.3. The number of urea groups is 1. The number of nitrogens with one attached hydrogen (secondary N) is 2. The highest BCUT2D eigenvalue weighted by Crippen LogP contribution is 2.46. The van der Waals surface area contributed by atoms with Crippen molar-refractivity contribution in [2.24, 2.45) is 0 Å². The van der Waals surface area contributed by atoms with Gasteiger partial charge in [-0.25, -0.2) is 24.3 Å². The molecule has 3 aromatic rings. The Morgan fingerprint density at radius 3 is 2.61 bits per heavy atom. The van der Waals surface area contributed by atoms with E-state index in [0.29, 0.717) is 11.2 Å². The van der Waals surface area contributed by atoms with Crippen LogP contribution in [0.3, 0.4) is 0 Å². The molecule has 0 radical (unpaired) electrons. The topological polar surface area (TPSA) is 179 Å². The molecule has 0 spiro atoms. The highest BCUT2D eigenvalue weighted by molar-refractivity contribution is 7.46. The molecular formula is C23H27N6O8P. The number of phosphoric ester groups is 1. The Bertz CT molecular complexity index is 1350. The van der Waals surface area contributed by atoms with Gasteiger partial charge >= 0.3 is 13.9 Å². The van der Waals surface area contributed by atoms with Gasteiger partial charge < -0.3 is 29.3 Å². The van der Waals surface area contributed by atoms with E-state index in [1.165, 1.54) is 12.7 Å². The van der Waals surface area contributed by atoms with Crippen molar-refractivity contribution in [3.05, 3.63) is 48.5 Å². The van der Waals surface area contributed by atoms with Crippen molar-refractivity contribution in [3.8, 4) is 0 Å². The summed E-state index contributed by atoms with van der Waals surface area (Å²) in [7, 11) is -4.74. The molecule has 1 saturated carbocycles. The molecule has 4 N–H and O–H groups in total. The molecule has 2 aromatic heterocycles. The number of nitrogens with zero attached hydrogens (tertiary/aromatic N) is 4. The first-order chi connectivity index (χ1) is 18.4. The zero-order valence-electron chi connectivity index (χ0n) is 20.1. The van der Waals surface area contributed by atoms with Crippen LogP contribution in [0.2, 0.25) is 0 Å². The maximum atomic E-state index is 12.5. The molecule has 6 rings (SSSR count). The molecule has 3 aliphatic rings. The third-order valence-corrected chi connectivity index (χ3v) is 7.37. The van der Waals surface area contributed by atoms with E-state index in [4.69, 9.17) is 18.7 Å². The largest absolute Gasteiger partial charge is 0.469 e. The Balaban J connectivity index is 1.26. The second-order valence-corrected chi connectivity index (χ2v) is 10.7. The number of benzene rings is 1. The van der Waals surface area contributed by atoms with E-state index in [1.54, 1.807) is 4.57 Å². The molecule has 15 heteroatoms. The van der Waals surface area contributed by atoms with Crippen LogP contribution in [0.1, 0.15) is 43.8 Å². The van der Waals surface area contributed by atoms with Gasteiger partial charge in [0.1, 0.15) is 24.6 Å². The Morgan fingerprint density at radius 1 is 1.08 bits per heavy atom. The van der Waals surface area contributed by atoms with Crippen LogP contribution >= 0.6 is 7.82 Å². The SMILES string of the molecule is O=C(Nc1ncnc2c1ncn2[C@@H]1O[C@H](COP(=O)(O)O)[C@@H]2OC(c3ccccc3)OC21)NC1CCCC1. The van der Waals surface area contributed by atoms with Gasteiger partial charge in [0.15, 0.2) is 29.5 Å². The summed E-state index contributed by atoms with van der Waals surface area (Å²) < 4.78 is 36.2. The number of carbonyl (C=O) groups excluding carboxylic acids is 1. The van der Waals surface area contributed by atoms with Crippen LogP contribution in [-0.2, 0) is 23.3 Å². The molecule has 3 fully saturated rings. The lowest BCUT2D eigenvalue weighted by molar-refractivity contribution is -0.152. The van der Waals surface area contributed by atoms with Crippen LogP contribution in [0, 0.1) is 0 Å². The predicted molar refractivity (Wildman–Crippen MR) is 131 cm³/mol. The quantitative estimate of drug-likeness (QED) is 0.320. The van der Waals surface area contributed by atoms with Crippen LogP contribution in [-0.4, -0.2) is 66.3 Å². The molecule has 0 bridgehead atoms. The maximum Gasteiger partial charge on any atom is 0.469 e. The van der Waals surface area contributed by atoms with Gasteiger partial charge in [-0.15, -0.1) is 0 Å². The van der Waals surface area contributed by atoms with Crippen molar-refractivity contribution < 1.29 is 37.9 Å². The van der Waals surface area contributed by atoms with Crippen LogP contribution in [0.4, 0.5) is 10.6 Å². The number of rotatable bonds is 7. The smallest absolute Gasteiger partial charge is 0.347 e. The van der Waals surface area contributed by atoms with Crippen LogP contribution in [0.15, 0.2) is 43.0 Å². The number of hydrogen-bond donors (Lipinski definition) is 4. The highest BCUT2D eigenvalue weighted by Gasteiger charge is 2.54. The number of amides is 2. The molecule has 38 heavy (non-hydrogen) atoms. The van der Waals surface area contributed by atoms with Crippen molar-refractivity contribution in [1.82, 2.24) is 24.8 Å². The average molecular weight is 546 g/mol. The molecular weight excluding hydrogens is 519 g/mol. The van der Waals surface area contributed by atoms with Gasteiger partial charge in [0.2, 0.25) is 0 Å². The summed E-state index contributed by atoms with van der Waals surface area (Å²) in [6, 6.07) is 9.08. The lowest BCUT2D eigenvalue weighted by Gasteiger charge is -2.21. The third-order valence-electron chi connectivity index (χ3n) is 6.88. The fourth-order valence-corrected chi connectivity index (χ4v) is 5.50. The molecule has 1 aromatic carbocycles.